The largest absolute Gasteiger partial charge is 0.321 e. The molecule has 26 heavy (non-hydrogen) atoms. The number of nitrogens with zero attached hydrogens (tertiary/aromatic N) is 1. The molecule has 5 nitrogen and oxygen atoms in total. The summed E-state index contributed by atoms with van der Waals surface area (Å²) in [7, 11) is -1.19. The number of Topliss-reactive ketones (excluding diaryl/α,β-unsaturated/α-hetero) is 1. The van der Waals surface area contributed by atoms with Crippen LogP contribution in [-0.2, 0) is 21.7 Å². The van der Waals surface area contributed by atoms with E-state index in [0.717, 1.165) is 12.3 Å². The van der Waals surface area contributed by atoms with Crippen LogP contribution in [0, 0.1) is 11.6 Å². The number of benzene rings is 1. The molecule has 1 aromatic carbocycles. The van der Waals surface area contributed by atoms with Crippen LogP contribution in [0.4, 0.5) is 8.78 Å². The number of ketones is 1. The van der Waals surface area contributed by atoms with Gasteiger partial charge in [0.15, 0.2) is 5.78 Å². The summed E-state index contributed by atoms with van der Waals surface area (Å²) in [5.74, 6) is 2.06. The van der Waals surface area contributed by atoms with E-state index in [4.69, 9.17) is 5.73 Å². The first-order valence-electron chi connectivity index (χ1n) is 7.80. The minimum absolute atomic E-state index is 0.0478. The lowest BCUT2D eigenvalue weighted by Crippen LogP contribution is -2.44. The van der Waals surface area contributed by atoms with E-state index in [1.54, 1.807) is 6.92 Å². The highest BCUT2D eigenvalue weighted by Crippen LogP contribution is 2.24. The Kier molecular flexibility index (Phi) is 5.90. The van der Waals surface area contributed by atoms with Gasteiger partial charge < -0.3 is 5.73 Å². The summed E-state index contributed by atoms with van der Waals surface area (Å²) in [6.07, 6.45) is 0.913. The molecule has 0 aliphatic rings. The summed E-state index contributed by atoms with van der Waals surface area (Å²) in [6, 6.07) is 6.60. The molecule has 0 saturated heterocycles. The molecule has 0 aliphatic heterocycles. The number of rotatable bonds is 7. The minimum Gasteiger partial charge on any atom is -0.321 e. The number of hydrogen-bond donors (Lipinski definition) is 2. The zero-order chi connectivity index (χ0) is 19.5. The van der Waals surface area contributed by atoms with Crippen LogP contribution < -0.4 is 10.5 Å². The van der Waals surface area contributed by atoms with E-state index in [-0.39, 0.29) is 29.2 Å². The van der Waals surface area contributed by atoms with Gasteiger partial charge in [-0.2, -0.15) is 0 Å². The SMILES string of the molecule is C=S(=O)(C[C@](C)(N)c1cc(CC(=O)c2ccc(F)cn2)ccc1F)NC. The third kappa shape index (κ3) is 4.94. The number of nitrogens with one attached hydrogen (secondary N) is 1. The number of aromatic nitrogens is 1. The first-order chi connectivity index (χ1) is 12.0. The van der Waals surface area contributed by atoms with Gasteiger partial charge >= 0.3 is 0 Å². The van der Waals surface area contributed by atoms with Crippen molar-refractivity contribution >= 4 is 21.4 Å². The monoisotopic (exact) mass is 381 g/mol. The van der Waals surface area contributed by atoms with Gasteiger partial charge in [-0.25, -0.2) is 13.5 Å². The van der Waals surface area contributed by atoms with Crippen LogP contribution in [0.15, 0.2) is 36.5 Å². The zero-order valence-corrected chi connectivity index (χ0v) is 15.4. The van der Waals surface area contributed by atoms with Gasteiger partial charge in [-0.1, -0.05) is 12.1 Å². The topological polar surface area (TPSA) is 85.1 Å². The number of nitrogens with two attached hydrogens (primary N) is 1. The molecule has 8 heteroatoms. The summed E-state index contributed by atoms with van der Waals surface area (Å²) >= 11 is 0. The zero-order valence-electron chi connectivity index (χ0n) is 14.6. The summed E-state index contributed by atoms with van der Waals surface area (Å²) in [6.45, 7) is 1.56. The summed E-state index contributed by atoms with van der Waals surface area (Å²) in [5.41, 5.74) is 5.72. The first-order valence-corrected chi connectivity index (χ1v) is 9.70. The molecule has 3 N–H and O–H groups in total. The molecule has 0 aliphatic carbocycles. The summed E-state index contributed by atoms with van der Waals surface area (Å²) < 4.78 is 42.0. The smallest absolute Gasteiger partial charge is 0.185 e. The Morgan fingerprint density at radius 3 is 2.62 bits per heavy atom. The van der Waals surface area contributed by atoms with E-state index >= 15 is 0 Å². The van der Waals surface area contributed by atoms with Crippen LogP contribution in [0.1, 0.15) is 28.5 Å². The quantitative estimate of drug-likeness (QED) is 0.566. The predicted octanol–water partition coefficient (Wildman–Crippen LogP) is 1.81. The predicted molar refractivity (Wildman–Crippen MR) is 99.4 cm³/mol. The summed E-state index contributed by atoms with van der Waals surface area (Å²) in [5, 5.41) is 0. The average molecular weight is 381 g/mol. The van der Waals surface area contributed by atoms with Crippen LogP contribution in [0.25, 0.3) is 0 Å². The lowest BCUT2D eigenvalue weighted by Gasteiger charge is -2.27. The number of hydrogen-bond acceptors (Lipinski definition) is 4. The molecule has 0 radical (unpaired) electrons. The number of carbonyl (C=O) groups excluding carboxylic acids is 1. The van der Waals surface area contributed by atoms with E-state index in [0.29, 0.717) is 5.56 Å². The maximum atomic E-state index is 14.3. The normalized spacial score (nSPS) is 15.9. The molecule has 2 aromatic rings. The second kappa shape index (κ2) is 7.61. The average Bonchev–Trinajstić information content (AvgIpc) is 2.56. The van der Waals surface area contributed by atoms with Crippen molar-refractivity contribution in [1.82, 2.24) is 9.71 Å². The van der Waals surface area contributed by atoms with Crippen molar-refractivity contribution in [2.75, 3.05) is 12.8 Å². The molecule has 1 aromatic heterocycles. The van der Waals surface area contributed by atoms with Gasteiger partial charge in [-0.3, -0.25) is 14.0 Å². The minimum atomic E-state index is -2.68. The van der Waals surface area contributed by atoms with Crippen LogP contribution in [-0.4, -0.2) is 33.6 Å². The Labute approximate surface area is 151 Å². The van der Waals surface area contributed by atoms with Gasteiger partial charge in [0, 0.05) is 21.7 Å². The lowest BCUT2D eigenvalue weighted by molar-refractivity contribution is 0.0988. The highest BCUT2D eigenvalue weighted by atomic mass is 32.2. The fourth-order valence-electron chi connectivity index (χ4n) is 2.57. The van der Waals surface area contributed by atoms with Crippen LogP contribution in [0.2, 0.25) is 0 Å². The van der Waals surface area contributed by atoms with Crippen LogP contribution in [0.5, 0.6) is 0 Å². The third-order valence-corrected chi connectivity index (χ3v) is 5.74. The second-order valence-electron chi connectivity index (χ2n) is 6.35. The van der Waals surface area contributed by atoms with Gasteiger partial charge in [0.05, 0.1) is 17.5 Å². The Morgan fingerprint density at radius 2 is 2.04 bits per heavy atom. The van der Waals surface area contributed by atoms with E-state index in [9.17, 15) is 17.8 Å². The van der Waals surface area contributed by atoms with Crippen LogP contribution in [0.3, 0.4) is 0 Å². The molecule has 0 saturated carbocycles. The molecule has 0 spiro atoms. The fraction of sp³-hybridized carbons (Fsp3) is 0.278. The van der Waals surface area contributed by atoms with Gasteiger partial charge in [0.2, 0.25) is 0 Å². The maximum Gasteiger partial charge on any atom is 0.185 e. The van der Waals surface area contributed by atoms with Crippen molar-refractivity contribution in [1.29, 1.82) is 0 Å². The van der Waals surface area contributed by atoms with Crippen molar-refractivity contribution in [3.05, 3.63) is 65.0 Å². The Balaban J connectivity index is 2.29. The van der Waals surface area contributed by atoms with Crippen molar-refractivity contribution in [3.8, 4) is 0 Å². The van der Waals surface area contributed by atoms with E-state index in [2.05, 4.69) is 15.6 Å². The second-order valence-corrected chi connectivity index (χ2v) is 8.67. The van der Waals surface area contributed by atoms with Gasteiger partial charge in [-0.15, -0.1) is 0 Å². The van der Waals surface area contributed by atoms with Crippen molar-refractivity contribution in [2.45, 2.75) is 18.9 Å². The molecule has 1 heterocycles. The van der Waals surface area contributed by atoms with Crippen molar-refractivity contribution < 1.29 is 17.8 Å². The molecule has 2 rings (SSSR count). The highest BCUT2D eigenvalue weighted by Gasteiger charge is 2.28. The van der Waals surface area contributed by atoms with Gasteiger partial charge in [0.25, 0.3) is 0 Å². The molecule has 1 unspecified atom stereocenters. The first kappa shape index (κ1) is 20.2. The number of pyridine rings is 1. The molecular weight excluding hydrogens is 360 g/mol. The highest BCUT2D eigenvalue weighted by molar-refractivity contribution is 7.98. The van der Waals surface area contributed by atoms with E-state index < -0.39 is 26.9 Å². The van der Waals surface area contributed by atoms with E-state index in [1.807, 2.05) is 0 Å². The van der Waals surface area contributed by atoms with Gasteiger partial charge in [-0.05, 0) is 43.6 Å². The van der Waals surface area contributed by atoms with Crippen molar-refractivity contribution in [3.63, 3.8) is 0 Å². The Hall–Kier alpha value is -2.16. The lowest BCUT2D eigenvalue weighted by atomic mass is 9.92. The summed E-state index contributed by atoms with van der Waals surface area (Å²) in [4.78, 5) is 16.0. The maximum absolute atomic E-state index is 14.3. The molecule has 0 fully saturated rings. The molecular formula is C18H21F2N3O2S. The third-order valence-electron chi connectivity index (χ3n) is 3.93. The van der Waals surface area contributed by atoms with Crippen molar-refractivity contribution in [2.24, 2.45) is 5.73 Å². The Bertz CT molecular complexity index is 911. The number of halogens is 2. The molecule has 0 bridgehead atoms. The fourth-order valence-corrected chi connectivity index (χ4v) is 3.84. The van der Waals surface area contributed by atoms with Gasteiger partial charge in [0.1, 0.15) is 17.3 Å². The standard InChI is InChI=1S/C18H21F2N3O2S/c1-18(21,11-26(3,25)22-2)14-8-12(4-6-15(14)20)9-17(24)16-7-5-13(19)10-23-16/h4-8,10H,3,9,11,21H2,1-2H3,(H,22,25)/t18-,26?/m0/s1. The molecule has 140 valence electrons. The molecule has 0 amide bonds. The van der Waals surface area contributed by atoms with Crippen LogP contribution >= 0.6 is 0 Å². The number of carbonyl (C=O) groups is 1. The molecule has 2 atom stereocenters. The van der Waals surface area contributed by atoms with E-state index in [1.165, 1.54) is 31.3 Å². The Morgan fingerprint density at radius 1 is 1.35 bits per heavy atom.